The quantitative estimate of drug-likeness (QED) is 0.876. The van der Waals surface area contributed by atoms with Gasteiger partial charge >= 0.3 is 0 Å². The minimum absolute atomic E-state index is 0.00824. The smallest absolute Gasteiger partial charge is 0.241 e. The van der Waals surface area contributed by atoms with E-state index in [0.29, 0.717) is 18.6 Å². The second-order valence-electron chi connectivity index (χ2n) is 5.43. The summed E-state index contributed by atoms with van der Waals surface area (Å²) in [6, 6.07) is 6.35. The molecular formula is C16H23FN2O2. The molecule has 4 nitrogen and oxygen atoms in total. The Morgan fingerprint density at radius 2 is 2.14 bits per heavy atom. The summed E-state index contributed by atoms with van der Waals surface area (Å²) in [5.74, 6) is -0.252. The number of carbonyl (C=O) groups excluding carboxylic acids is 1. The van der Waals surface area contributed by atoms with Gasteiger partial charge in [0.15, 0.2) is 0 Å². The van der Waals surface area contributed by atoms with Crippen molar-refractivity contribution in [3.63, 3.8) is 0 Å². The first-order chi connectivity index (χ1) is 10.1. The zero-order valence-corrected chi connectivity index (χ0v) is 12.8. The standard InChI is InChI=1S/C16H23FN2O2/c1-4-14-16(20)19(11(2)9-10-21-3)15(18-14)12-7-5-6-8-13(12)17/h5-8,11,14-15,18H,4,9-10H2,1-3H3. The highest BCUT2D eigenvalue weighted by atomic mass is 19.1. The zero-order valence-electron chi connectivity index (χ0n) is 12.8. The molecule has 1 heterocycles. The minimum atomic E-state index is -0.407. The molecule has 1 aromatic carbocycles. The molecule has 5 heteroatoms. The average molecular weight is 294 g/mol. The van der Waals surface area contributed by atoms with Gasteiger partial charge in [-0.2, -0.15) is 0 Å². The van der Waals surface area contributed by atoms with Crippen LogP contribution in [0.25, 0.3) is 0 Å². The maximum atomic E-state index is 14.1. The van der Waals surface area contributed by atoms with Crippen molar-refractivity contribution in [2.24, 2.45) is 0 Å². The first-order valence-electron chi connectivity index (χ1n) is 7.41. The van der Waals surface area contributed by atoms with Crippen molar-refractivity contribution < 1.29 is 13.9 Å². The SMILES string of the molecule is CCC1NC(c2ccccc2F)N(C(C)CCOC)C1=O. The maximum Gasteiger partial charge on any atom is 0.241 e. The molecule has 0 bridgehead atoms. The molecule has 1 aliphatic rings. The Hall–Kier alpha value is -1.46. The van der Waals surface area contributed by atoms with Gasteiger partial charge in [-0.1, -0.05) is 25.1 Å². The number of methoxy groups -OCH3 is 1. The van der Waals surface area contributed by atoms with Crippen LogP contribution in [0.5, 0.6) is 0 Å². The summed E-state index contributed by atoms with van der Waals surface area (Å²) >= 11 is 0. The molecule has 1 amide bonds. The van der Waals surface area contributed by atoms with Gasteiger partial charge in [-0.3, -0.25) is 10.1 Å². The molecule has 0 spiro atoms. The topological polar surface area (TPSA) is 41.6 Å². The van der Waals surface area contributed by atoms with Crippen LogP contribution in [0.2, 0.25) is 0 Å². The largest absolute Gasteiger partial charge is 0.385 e. The molecule has 3 atom stereocenters. The van der Waals surface area contributed by atoms with Crippen molar-refractivity contribution in [1.82, 2.24) is 10.2 Å². The van der Waals surface area contributed by atoms with Gasteiger partial charge in [0.2, 0.25) is 5.91 Å². The fourth-order valence-corrected chi connectivity index (χ4v) is 2.78. The molecule has 1 aliphatic heterocycles. The highest BCUT2D eigenvalue weighted by Gasteiger charge is 2.41. The van der Waals surface area contributed by atoms with E-state index in [1.165, 1.54) is 6.07 Å². The van der Waals surface area contributed by atoms with Gasteiger partial charge in [-0.05, 0) is 25.8 Å². The van der Waals surface area contributed by atoms with Crippen molar-refractivity contribution >= 4 is 5.91 Å². The van der Waals surface area contributed by atoms with Crippen LogP contribution >= 0.6 is 0 Å². The second kappa shape index (κ2) is 7.00. The van der Waals surface area contributed by atoms with E-state index < -0.39 is 6.17 Å². The molecule has 1 saturated heterocycles. The summed E-state index contributed by atoms with van der Waals surface area (Å²) in [5, 5.41) is 3.25. The normalized spacial score (nSPS) is 23.6. The van der Waals surface area contributed by atoms with E-state index in [9.17, 15) is 9.18 Å². The fraction of sp³-hybridized carbons (Fsp3) is 0.562. The third kappa shape index (κ3) is 3.24. The molecule has 1 fully saturated rings. The van der Waals surface area contributed by atoms with Crippen molar-refractivity contribution in [3.05, 3.63) is 35.6 Å². The number of ether oxygens (including phenoxy) is 1. The number of nitrogens with zero attached hydrogens (tertiary/aromatic N) is 1. The lowest BCUT2D eigenvalue weighted by Crippen LogP contribution is -2.39. The van der Waals surface area contributed by atoms with Gasteiger partial charge in [0, 0.05) is 25.3 Å². The van der Waals surface area contributed by atoms with E-state index in [1.54, 1.807) is 30.2 Å². The number of benzene rings is 1. The Balaban J connectivity index is 2.28. The zero-order chi connectivity index (χ0) is 15.4. The first-order valence-corrected chi connectivity index (χ1v) is 7.41. The van der Waals surface area contributed by atoms with Crippen molar-refractivity contribution in [1.29, 1.82) is 0 Å². The average Bonchev–Trinajstić information content (AvgIpc) is 2.82. The highest BCUT2D eigenvalue weighted by molar-refractivity contribution is 5.84. The molecule has 2 rings (SSSR count). The molecule has 0 aromatic heterocycles. The maximum absolute atomic E-state index is 14.1. The fourth-order valence-electron chi connectivity index (χ4n) is 2.78. The van der Waals surface area contributed by atoms with Crippen LogP contribution in [0, 0.1) is 5.82 Å². The van der Waals surface area contributed by atoms with E-state index in [2.05, 4.69) is 5.32 Å². The Morgan fingerprint density at radius 1 is 1.43 bits per heavy atom. The van der Waals surface area contributed by atoms with Crippen LogP contribution in [0.1, 0.15) is 38.4 Å². The molecule has 0 aliphatic carbocycles. The van der Waals surface area contributed by atoms with Gasteiger partial charge in [-0.15, -0.1) is 0 Å². The van der Waals surface area contributed by atoms with Crippen molar-refractivity contribution in [2.75, 3.05) is 13.7 Å². The Kier molecular flexibility index (Phi) is 5.31. The van der Waals surface area contributed by atoms with Gasteiger partial charge in [0.05, 0.1) is 6.04 Å². The van der Waals surface area contributed by atoms with E-state index in [4.69, 9.17) is 4.74 Å². The van der Waals surface area contributed by atoms with E-state index >= 15 is 0 Å². The molecule has 0 radical (unpaired) electrons. The predicted molar refractivity (Wildman–Crippen MR) is 79.2 cm³/mol. The number of rotatable bonds is 6. The predicted octanol–water partition coefficient (Wildman–Crippen LogP) is 2.46. The summed E-state index contributed by atoms with van der Waals surface area (Å²) in [5.41, 5.74) is 0.520. The van der Waals surface area contributed by atoms with Crippen LogP contribution in [-0.2, 0) is 9.53 Å². The molecular weight excluding hydrogens is 271 g/mol. The van der Waals surface area contributed by atoms with Crippen molar-refractivity contribution in [3.8, 4) is 0 Å². The van der Waals surface area contributed by atoms with Gasteiger partial charge < -0.3 is 9.64 Å². The molecule has 116 valence electrons. The third-order valence-electron chi connectivity index (χ3n) is 4.01. The Bertz CT molecular complexity index is 495. The van der Waals surface area contributed by atoms with E-state index in [0.717, 1.165) is 6.42 Å². The Morgan fingerprint density at radius 3 is 2.76 bits per heavy atom. The summed E-state index contributed by atoms with van der Waals surface area (Å²) in [6.45, 7) is 4.51. The number of amides is 1. The third-order valence-corrected chi connectivity index (χ3v) is 4.01. The second-order valence-corrected chi connectivity index (χ2v) is 5.43. The van der Waals surface area contributed by atoms with Crippen LogP contribution in [0.3, 0.4) is 0 Å². The molecule has 0 saturated carbocycles. The van der Waals surface area contributed by atoms with Gasteiger partial charge in [0.25, 0.3) is 0 Å². The number of carbonyl (C=O) groups is 1. The molecule has 1 N–H and O–H groups in total. The lowest BCUT2D eigenvalue weighted by atomic mass is 10.1. The number of hydrogen-bond donors (Lipinski definition) is 1. The summed E-state index contributed by atoms with van der Waals surface area (Å²) in [6.07, 6.45) is 1.01. The van der Waals surface area contributed by atoms with E-state index in [-0.39, 0.29) is 23.8 Å². The van der Waals surface area contributed by atoms with Gasteiger partial charge in [0.1, 0.15) is 12.0 Å². The van der Waals surface area contributed by atoms with Crippen LogP contribution in [0.15, 0.2) is 24.3 Å². The lowest BCUT2D eigenvalue weighted by molar-refractivity contribution is -0.132. The number of hydrogen-bond acceptors (Lipinski definition) is 3. The first kappa shape index (κ1) is 15.9. The summed E-state index contributed by atoms with van der Waals surface area (Å²) in [4.78, 5) is 14.3. The molecule has 21 heavy (non-hydrogen) atoms. The molecule has 1 aromatic rings. The Labute approximate surface area is 125 Å². The number of halogens is 1. The highest BCUT2D eigenvalue weighted by Crippen LogP contribution is 2.30. The summed E-state index contributed by atoms with van der Waals surface area (Å²) in [7, 11) is 1.64. The van der Waals surface area contributed by atoms with Crippen LogP contribution in [0.4, 0.5) is 4.39 Å². The van der Waals surface area contributed by atoms with Gasteiger partial charge in [-0.25, -0.2) is 4.39 Å². The molecule has 3 unspecified atom stereocenters. The van der Waals surface area contributed by atoms with E-state index in [1.807, 2.05) is 13.8 Å². The number of nitrogens with one attached hydrogen (secondary N) is 1. The van der Waals surface area contributed by atoms with Crippen LogP contribution < -0.4 is 5.32 Å². The minimum Gasteiger partial charge on any atom is -0.385 e. The monoisotopic (exact) mass is 294 g/mol. The van der Waals surface area contributed by atoms with Crippen LogP contribution in [-0.4, -0.2) is 36.6 Å². The summed E-state index contributed by atoms with van der Waals surface area (Å²) < 4.78 is 19.2. The van der Waals surface area contributed by atoms with Crippen molar-refractivity contribution in [2.45, 2.75) is 44.9 Å². The lowest BCUT2D eigenvalue weighted by Gasteiger charge is -2.30.